The normalized spacial score (nSPS) is 20.9. The molecule has 0 unspecified atom stereocenters. The molecule has 0 spiro atoms. The van der Waals surface area contributed by atoms with Crippen LogP contribution in [0.4, 0.5) is 0 Å². The third-order valence-corrected chi connectivity index (χ3v) is 5.67. The summed E-state index contributed by atoms with van der Waals surface area (Å²) in [5, 5.41) is 9.68. The fraction of sp³-hybridized carbons (Fsp3) is 0.250. The number of methoxy groups -OCH3 is 2. The molecule has 0 bridgehead atoms. The first kappa shape index (κ1) is 19.6. The zero-order valence-corrected chi connectivity index (χ0v) is 16.8. The van der Waals surface area contributed by atoms with Crippen molar-refractivity contribution in [1.82, 2.24) is 0 Å². The fourth-order valence-electron chi connectivity index (χ4n) is 4.23. The quantitative estimate of drug-likeness (QED) is 0.833. The van der Waals surface area contributed by atoms with Gasteiger partial charge in [-0.1, -0.05) is 36.4 Å². The van der Waals surface area contributed by atoms with Crippen LogP contribution < -0.4 is 15.2 Å². The Labute approximate surface area is 175 Å². The Morgan fingerprint density at radius 3 is 2.43 bits per heavy atom. The molecule has 2 N–H and O–H groups in total. The molecule has 1 heterocycles. The minimum atomic E-state index is -0.501. The van der Waals surface area contributed by atoms with Crippen molar-refractivity contribution in [2.75, 3.05) is 14.2 Å². The van der Waals surface area contributed by atoms with Gasteiger partial charge in [0.2, 0.25) is 5.88 Å². The molecule has 30 heavy (non-hydrogen) atoms. The first-order valence-electron chi connectivity index (χ1n) is 9.68. The number of ketones is 1. The standard InChI is InChI=1S/C24H22N2O4/c1-28-19-9-8-15(11-20(19)29-2)16-10-18(27)23-21(12-16)30-24(26)17(13-25)22(23)14-6-4-3-5-7-14/h3-9,11,16,22H,10,12,26H2,1-2H3/t16-,22+/m1/s1. The molecule has 4 rings (SSSR count). The highest BCUT2D eigenvalue weighted by Gasteiger charge is 2.40. The van der Waals surface area contributed by atoms with E-state index in [1.807, 2.05) is 48.5 Å². The summed E-state index contributed by atoms with van der Waals surface area (Å²) in [5.74, 6) is 1.22. The van der Waals surface area contributed by atoms with Gasteiger partial charge in [0.15, 0.2) is 17.3 Å². The lowest BCUT2D eigenvalue weighted by Gasteiger charge is -2.34. The third kappa shape index (κ3) is 3.29. The number of carbonyl (C=O) groups excluding carboxylic acids is 1. The zero-order chi connectivity index (χ0) is 21.3. The SMILES string of the molecule is COc1ccc([C@@H]2CC(=O)C3=C(C2)OC(N)=C(C#N)[C@@H]3c2ccccc2)cc1OC. The van der Waals surface area contributed by atoms with E-state index >= 15 is 0 Å². The number of benzene rings is 2. The molecule has 2 aromatic rings. The van der Waals surface area contributed by atoms with E-state index in [-0.39, 0.29) is 23.2 Å². The van der Waals surface area contributed by atoms with Gasteiger partial charge in [0.05, 0.1) is 20.1 Å². The first-order valence-corrected chi connectivity index (χ1v) is 9.68. The highest BCUT2D eigenvalue weighted by Crippen LogP contribution is 2.47. The Kier molecular flexibility index (Phi) is 5.20. The molecule has 0 saturated carbocycles. The summed E-state index contributed by atoms with van der Waals surface area (Å²) in [7, 11) is 3.16. The number of hydrogen-bond donors (Lipinski definition) is 1. The molecule has 2 aliphatic rings. The Hall–Kier alpha value is -3.72. The third-order valence-electron chi connectivity index (χ3n) is 5.67. The minimum Gasteiger partial charge on any atom is -0.493 e. The molecule has 2 atom stereocenters. The number of nitrogens with two attached hydrogens (primary N) is 1. The van der Waals surface area contributed by atoms with Gasteiger partial charge in [0.25, 0.3) is 0 Å². The van der Waals surface area contributed by atoms with Gasteiger partial charge in [-0.25, -0.2) is 0 Å². The summed E-state index contributed by atoms with van der Waals surface area (Å²) in [5.41, 5.74) is 8.71. The fourth-order valence-corrected chi connectivity index (χ4v) is 4.23. The molecule has 2 aromatic carbocycles. The maximum absolute atomic E-state index is 13.3. The van der Waals surface area contributed by atoms with Crippen LogP contribution in [-0.2, 0) is 9.53 Å². The van der Waals surface area contributed by atoms with Gasteiger partial charge in [-0.3, -0.25) is 4.79 Å². The summed E-state index contributed by atoms with van der Waals surface area (Å²) in [6.45, 7) is 0. The molecule has 0 aromatic heterocycles. The molecular weight excluding hydrogens is 380 g/mol. The van der Waals surface area contributed by atoms with Crippen LogP contribution in [0.5, 0.6) is 11.5 Å². The second kappa shape index (κ2) is 7.96. The van der Waals surface area contributed by atoms with Crippen molar-refractivity contribution < 1.29 is 19.0 Å². The average Bonchev–Trinajstić information content (AvgIpc) is 2.78. The lowest BCUT2D eigenvalue weighted by molar-refractivity contribution is -0.117. The molecule has 0 saturated heterocycles. The van der Waals surface area contributed by atoms with Crippen molar-refractivity contribution in [2.24, 2.45) is 5.73 Å². The van der Waals surface area contributed by atoms with Crippen molar-refractivity contribution >= 4 is 5.78 Å². The van der Waals surface area contributed by atoms with Gasteiger partial charge in [-0.2, -0.15) is 5.26 Å². The van der Waals surface area contributed by atoms with Crippen LogP contribution >= 0.6 is 0 Å². The molecule has 6 heteroatoms. The highest BCUT2D eigenvalue weighted by atomic mass is 16.5. The summed E-state index contributed by atoms with van der Waals surface area (Å²) >= 11 is 0. The molecule has 0 radical (unpaired) electrons. The largest absolute Gasteiger partial charge is 0.493 e. The second-order valence-electron chi connectivity index (χ2n) is 7.32. The number of carbonyl (C=O) groups is 1. The number of Topliss-reactive ketones (excluding diaryl/α,β-unsaturated/α-hetero) is 1. The Balaban J connectivity index is 1.74. The number of allylic oxidation sites excluding steroid dienone is 3. The van der Waals surface area contributed by atoms with Crippen molar-refractivity contribution in [3.8, 4) is 17.6 Å². The van der Waals surface area contributed by atoms with Crippen molar-refractivity contribution in [3.63, 3.8) is 0 Å². The van der Waals surface area contributed by atoms with Crippen LogP contribution in [0.1, 0.15) is 35.8 Å². The number of rotatable bonds is 4. The average molecular weight is 402 g/mol. The van der Waals surface area contributed by atoms with E-state index in [1.54, 1.807) is 14.2 Å². The van der Waals surface area contributed by atoms with Gasteiger partial charge in [0.1, 0.15) is 17.4 Å². The van der Waals surface area contributed by atoms with Crippen LogP contribution in [-0.4, -0.2) is 20.0 Å². The van der Waals surface area contributed by atoms with Gasteiger partial charge < -0.3 is 19.9 Å². The lowest BCUT2D eigenvalue weighted by atomic mass is 9.73. The number of ether oxygens (including phenoxy) is 3. The highest BCUT2D eigenvalue weighted by molar-refractivity contribution is 6.00. The van der Waals surface area contributed by atoms with Gasteiger partial charge in [-0.15, -0.1) is 0 Å². The van der Waals surface area contributed by atoms with Crippen LogP contribution in [0, 0.1) is 11.3 Å². The maximum atomic E-state index is 13.3. The molecule has 1 aliphatic heterocycles. The Morgan fingerprint density at radius 2 is 1.77 bits per heavy atom. The molecule has 0 fully saturated rings. The molecule has 1 aliphatic carbocycles. The zero-order valence-electron chi connectivity index (χ0n) is 16.8. The number of hydrogen-bond acceptors (Lipinski definition) is 6. The van der Waals surface area contributed by atoms with Gasteiger partial charge in [-0.05, 0) is 29.2 Å². The topological polar surface area (TPSA) is 94.6 Å². The van der Waals surface area contributed by atoms with Crippen LogP contribution in [0.25, 0.3) is 0 Å². The van der Waals surface area contributed by atoms with Crippen LogP contribution in [0.3, 0.4) is 0 Å². The van der Waals surface area contributed by atoms with Crippen LogP contribution in [0.15, 0.2) is 71.3 Å². The van der Waals surface area contributed by atoms with Crippen molar-refractivity contribution in [2.45, 2.75) is 24.7 Å². The van der Waals surface area contributed by atoms with E-state index in [9.17, 15) is 10.1 Å². The lowest BCUT2D eigenvalue weighted by Crippen LogP contribution is -2.29. The summed E-state index contributed by atoms with van der Waals surface area (Å²) in [6, 6.07) is 17.3. The summed E-state index contributed by atoms with van der Waals surface area (Å²) in [6.07, 6.45) is 0.832. The first-order chi connectivity index (χ1) is 14.6. The molecule has 6 nitrogen and oxygen atoms in total. The van der Waals surface area contributed by atoms with E-state index in [1.165, 1.54) is 0 Å². The molecule has 0 amide bonds. The maximum Gasteiger partial charge on any atom is 0.205 e. The Morgan fingerprint density at radius 1 is 1.03 bits per heavy atom. The Bertz CT molecular complexity index is 1100. The predicted molar refractivity (Wildman–Crippen MR) is 111 cm³/mol. The van der Waals surface area contributed by atoms with E-state index < -0.39 is 5.92 Å². The van der Waals surface area contributed by atoms with E-state index in [0.717, 1.165) is 11.1 Å². The van der Waals surface area contributed by atoms with Crippen LogP contribution in [0.2, 0.25) is 0 Å². The van der Waals surface area contributed by atoms with E-state index in [2.05, 4.69) is 6.07 Å². The smallest absolute Gasteiger partial charge is 0.205 e. The number of nitriles is 1. The summed E-state index contributed by atoms with van der Waals surface area (Å²) in [4.78, 5) is 13.3. The van der Waals surface area contributed by atoms with Gasteiger partial charge in [0, 0.05) is 18.4 Å². The van der Waals surface area contributed by atoms with E-state index in [0.29, 0.717) is 35.7 Å². The second-order valence-corrected chi connectivity index (χ2v) is 7.32. The van der Waals surface area contributed by atoms with Gasteiger partial charge >= 0.3 is 0 Å². The monoisotopic (exact) mass is 402 g/mol. The molecule has 152 valence electrons. The van der Waals surface area contributed by atoms with E-state index in [4.69, 9.17) is 19.9 Å². The predicted octanol–water partition coefficient (Wildman–Crippen LogP) is 3.91. The molecular formula is C24H22N2O4. The number of nitrogens with zero attached hydrogens (tertiary/aromatic N) is 1. The summed E-state index contributed by atoms with van der Waals surface area (Å²) < 4.78 is 16.5. The van der Waals surface area contributed by atoms with Crippen molar-refractivity contribution in [3.05, 3.63) is 82.4 Å². The van der Waals surface area contributed by atoms with Crippen molar-refractivity contribution in [1.29, 1.82) is 5.26 Å². The minimum absolute atomic E-state index is 0.0369.